The summed E-state index contributed by atoms with van der Waals surface area (Å²) in [6.07, 6.45) is 5.22. The van der Waals surface area contributed by atoms with Crippen molar-refractivity contribution in [3.63, 3.8) is 0 Å². The Labute approximate surface area is 163 Å². The maximum Gasteiger partial charge on any atom is 0.158 e. The molecule has 0 aliphatic carbocycles. The Morgan fingerprint density at radius 2 is 1.79 bits per heavy atom. The third kappa shape index (κ3) is 3.70. The number of halogens is 2. The highest BCUT2D eigenvalue weighted by Crippen LogP contribution is 2.32. The van der Waals surface area contributed by atoms with E-state index in [9.17, 15) is 8.78 Å². The smallest absolute Gasteiger partial charge is 0.158 e. The Morgan fingerprint density at radius 3 is 2.50 bits per heavy atom. The zero-order valence-electron chi connectivity index (χ0n) is 16.1. The molecule has 1 aromatic carbocycles. The van der Waals surface area contributed by atoms with Gasteiger partial charge >= 0.3 is 0 Å². The molecule has 0 radical (unpaired) electrons. The van der Waals surface area contributed by atoms with E-state index in [0.717, 1.165) is 44.9 Å². The van der Waals surface area contributed by atoms with Gasteiger partial charge in [0.15, 0.2) is 5.82 Å². The molecule has 1 aliphatic rings. The fourth-order valence-corrected chi connectivity index (χ4v) is 3.58. The summed E-state index contributed by atoms with van der Waals surface area (Å²) in [7, 11) is 4.01. The van der Waals surface area contributed by atoms with E-state index in [1.165, 1.54) is 6.07 Å². The second kappa shape index (κ2) is 7.81. The van der Waals surface area contributed by atoms with E-state index in [2.05, 4.69) is 26.8 Å². The third-order valence-corrected chi connectivity index (χ3v) is 5.31. The van der Waals surface area contributed by atoms with Gasteiger partial charge in [0.2, 0.25) is 0 Å². The standard InChI is InChI=1S/C20H24F2N6/c1-25-7-9-27(10-8-25)11-12-28-14-24-18(16-13-15(21)3-4-17(16)22)19(28)20-23-5-6-26(20)2/h3-6,13-14H,7-12H2,1-2H3. The second-order valence-electron chi connectivity index (χ2n) is 7.27. The van der Waals surface area contributed by atoms with Crippen LogP contribution in [-0.2, 0) is 13.6 Å². The molecule has 0 saturated carbocycles. The van der Waals surface area contributed by atoms with Crippen LogP contribution in [0.2, 0.25) is 0 Å². The van der Waals surface area contributed by atoms with Crippen molar-refractivity contribution in [3.05, 3.63) is 48.6 Å². The van der Waals surface area contributed by atoms with Crippen molar-refractivity contribution in [3.8, 4) is 22.8 Å². The third-order valence-electron chi connectivity index (χ3n) is 5.31. The zero-order valence-corrected chi connectivity index (χ0v) is 16.1. The maximum absolute atomic E-state index is 14.4. The molecule has 0 bridgehead atoms. The van der Waals surface area contributed by atoms with Crippen LogP contribution in [0.3, 0.4) is 0 Å². The molecular formula is C20H24F2N6. The molecule has 28 heavy (non-hydrogen) atoms. The molecule has 3 aromatic rings. The van der Waals surface area contributed by atoms with Crippen LogP contribution >= 0.6 is 0 Å². The van der Waals surface area contributed by atoms with Crippen LogP contribution in [0.25, 0.3) is 22.8 Å². The summed E-state index contributed by atoms with van der Waals surface area (Å²) >= 11 is 0. The van der Waals surface area contributed by atoms with Crippen molar-refractivity contribution in [1.82, 2.24) is 28.9 Å². The van der Waals surface area contributed by atoms with Crippen LogP contribution in [0.15, 0.2) is 36.9 Å². The number of aryl methyl sites for hydroxylation is 1. The number of nitrogens with zero attached hydrogens (tertiary/aromatic N) is 6. The van der Waals surface area contributed by atoms with E-state index >= 15 is 0 Å². The maximum atomic E-state index is 14.4. The van der Waals surface area contributed by atoms with Crippen molar-refractivity contribution < 1.29 is 8.78 Å². The Hall–Kier alpha value is -2.58. The van der Waals surface area contributed by atoms with Crippen LogP contribution in [0.5, 0.6) is 0 Å². The Kier molecular flexibility index (Phi) is 5.23. The average molecular weight is 386 g/mol. The summed E-state index contributed by atoms with van der Waals surface area (Å²) in [4.78, 5) is 13.6. The Bertz CT molecular complexity index is 956. The number of hydrogen-bond acceptors (Lipinski definition) is 4. The van der Waals surface area contributed by atoms with Crippen molar-refractivity contribution in [2.45, 2.75) is 6.54 Å². The highest BCUT2D eigenvalue weighted by Gasteiger charge is 2.22. The summed E-state index contributed by atoms with van der Waals surface area (Å²) in [5.41, 5.74) is 1.26. The van der Waals surface area contributed by atoms with E-state index in [1.807, 2.05) is 22.4 Å². The predicted molar refractivity (Wildman–Crippen MR) is 104 cm³/mol. The van der Waals surface area contributed by atoms with Gasteiger partial charge in [0.25, 0.3) is 0 Å². The molecule has 1 fully saturated rings. The number of imidazole rings is 2. The molecule has 0 amide bonds. The molecule has 2 aromatic heterocycles. The largest absolute Gasteiger partial charge is 0.333 e. The fraction of sp³-hybridized carbons (Fsp3) is 0.400. The van der Waals surface area contributed by atoms with Crippen molar-refractivity contribution >= 4 is 0 Å². The predicted octanol–water partition coefficient (Wildman–Crippen LogP) is 2.48. The first kappa shape index (κ1) is 18.8. The molecule has 148 valence electrons. The fourth-order valence-electron chi connectivity index (χ4n) is 3.58. The lowest BCUT2D eigenvalue weighted by atomic mass is 10.1. The number of aromatic nitrogens is 4. The number of likely N-dealkylation sites (N-methyl/N-ethyl adjacent to an activating group) is 1. The van der Waals surface area contributed by atoms with E-state index in [4.69, 9.17) is 0 Å². The van der Waals surface area contributed by atoms with Gasteiger partial charge in [-0.3, -0.25) is 4.90 Å². The van der Waals surface area contributed by atoms with Crippen LogP contribution in [0.1, 0.15) is 0 Å². The van der Waals surface area contributed by atoms with Gasteiger partial charge in [0, 0.05) is 64.3 Å². The second-order valence-corrected chi connectivity index (χ2v) is 7.27. The first-order valence-electron chi connectivity index (χ1n) is 9.42. The minimum atomic E-state index is -0.499. The van der Waals surface area contributed by atoms with Gasteiger partial charge in [-0.2, -0.15) is 0 Å². The van der Waals surface area contributed by atoms with Gasteiger partial charge in [-0.15, -0.1) is 0 Å². The number of hydrogen-bond donors (Lipinski definition) is 0. The van der Waals surface area contributed by atoms with Crippen LogP contribution in [-0.4, -0.2) is 68.7 Å². The normalized spacial score (nSPS) is 16.0. The first-order valence-corrected chi connectivity index (χ1v) is 9.42. The molecule has 6 nitrogen and oxygen atoms in total. The summed E-state index contributed by atoms with van der Waals surface area (Å²) in [5.74, 6) is -0.315. The monoisotopic (exact) mass is 386 g/mol. The van der Waals surface area contributed by atoms with Crippen LogP contribution in [0.4, 0.5) is 8.78 Å². The van der Waals surface area contributed by atoms with Crippen LogP contribution < -0.4 is 0 Å². The van der Waals surface area contributed by atoms with Crippen LogP contribution in [0, 0.1) is 11.6 Å². The van der Waals surface area contributed by atoms with E-state index in [-0.39, 0.29) is 5.56 Å². The van der Waals surface area contributed by atoms with Crippen molar-refractivity contribution in [1.29, 1.82) is 0 Å². The molecule has 0 N–H and O–H groups in total. The van der Waals surface area contributed by atoms with E-state index < -0.39 is 11.6 Å². The summed E-state index contributed by atoms with van der Waals surface area (Å²) in [6.45, 7) is 5.72. The number of benzene rings is 1. The molecule has 1 aliphatic heterocycles. The summed E-state index contributed by atoms with van der Waals surface area (Å²) < 4.78 is 32.1. The van der Waals surface area contributed by atoms with Crippen molar-refractivity contribution in [2.24, 2.45) is 7.05 Å². The lowest BCUT2D eigenvalue weighted by Gasteiger charge is -2.32. The first-order chi connectivity index (χ1) is 13.5. The number of rotatable bonds is 5. The van der Waals surface area contributed by atoms with Gasteiger partial charge in [-0.25, -0.2) is 18.7 Å². The van der Waals surface area contributed by atoms with E-state index in [1.54, 1.807) is 12.5 Å². The molecule has 0 spiro atoms. The minimum Gasteiger partial charge on any atom is -0.333 e. The zero-order chi connectivity index (χ0) is 19.7. The Balaban J connectivity index is 1.68. The van der Waals surface area contributed by atoms with Gasteiger partial charge < -0.3 is 14.0 Å². The molecule has 8 heteroatoms. The summed E-state index contributed by atoms with van der Waals surface area (Å²) in [5, 5.41) is 0. The highest BCUT2D eigenvalue weighted by molar-refractivity contribution is 5.76. The molecule has 0 unspecified atom stereocenters. The molecular weight excluding hydrogens is 362 g/mol. The quantitative estimate of drug-likeness (QED) is 0.676. The Morgan fingerprint density at radius 1 is 1.00 bits per heavy atom. The van der Waals surface area contributed by atoms with Gasteiger partial charge in [-0.1, -0.05) is 0 Å². The number of piperazine rings is 1. The lowest BCUT2D eigenvalue weighted by Crippen LogP contribution is -2.45. The van der Waals surface area contributed by atoms with E-state index in [0.29, 0.717) is 23.8 Å². The molecule has 3 heterocycles. The van der Waals surface area contributed by atoms with Crippen molar-refractivity contribution in [2.75, 3.05) is 39.8 Å². The van der Waals surface area contributed by atoms with Gasteiger partial charge in [0.05, 0.1) is 6.33 Å². The minimum absolute atomic E-state index is 0.149. The SMILES string of the molecule is CN1CCN(CCn2cnc(-c3cc(F)ccc3F)c2-c2nccn2C)CC1. The average Bonchev–Trinajstić information content (AvgIpc) is 3.28. The highest BCUT2D eigenvalue weighted by atomic mass is 19.1. The topological polar surface area (TPSA) is 42.1 Å². The lowest BCUT2D eigenvalue weighted by molar-refractivity contribution is 0.150. The molecule has 0 atom stereocenters. The summed E-state index contributed by atoms with van der Waals surface area (Å²) in [6, 6.07) is 3.44. The van der Waals surface area contributed by atoms with Gasteiger partial charge in [0.1, 0.15) is 23.0 Å². The molecule has 1 saturated heterocycles. The van der Waals surface area contributed by atoms with Gasteiger partial charge in [-0.05, 0) is 25.2 Å². The molecule has 4 rings (SSSR count).